The number of anilines is 2. The number of rotatable bonds is 14. The zero-order chi connectivity index (χ0) is 25.3. The number of nitrogens with zero attached hydrogens (tertiary/aromatic N) is 3. The number of nitrogens with one attached hydrogen (secondary N) is 1. The van der Waals surface area contributed by atoms with Gasteiger partial charge in [0.25, 0.3) is 0 Å². The van der Waals surface area contributed by atoms with Crippen molar-refractivity contribution in [2.24, 2.45) is 0 Å². The number of carboxylic acid groups (broad SMARTS) is 1. The van der Waals surface area contributed by atoms with Crippen molar-refractivity contribution in [2.45, 2.75) is 58.4 Å². The van der Waals surface area contributed by atoms with Gasteiger partial charge >= 0.3 is 5.97 Å². The summed E-state index contributed by atoms with van der Waals surface area (Å²) in [6.45, 7) is 4.87. The highest BCUT2D eigenvalue weighted by Gasteiger charge is 2.20. The van der Waals surface area contributed by atoms with E-state index in [0.717, 1.165) is 61.0 Å². The number of ether oxygens (including phenoxy) is 1. The van der Waals surface area contributed by atoms with E-state index in [-0.39, 0.29) is 24.2 Å². The molecule has 9 nitrogen and oxygen atoms in total. The quantitative estimate of drug-likeness (QED) is 0.305. The van der Waals surface area contributed by atoms with Crippen molar-refractivity contribution in [1.29, 1.82) is 0 Å². The van der Waals surface area contributed by atoms with Crippen molar-refractivity contribution >= 4 is 17.7 Å². The number of nitrogens with two attached hydrogens (primary N) is 1. The number of carbonyl (C=O) groups is 1. The molecular weight excluding hydrogens is 434 g/mol. The fourth-order valence-electron chi connectivity index (χ4n) is 4.05. The summed E-state index contributed by atoms with van der Waals surface area (Å²) in [5.74, 6) is 0.283. The first kappa shape index (κ1) is 27.3. The van der Waals surface area contributed by atoms with Crippen LogP contribution in [0.2, 0.25) is 0 Å². The summed E-state index contributed by atoms with van der Waals surface area (Å²) in [6.07, 6.45) is 4.79. The zero-order valence-corrected chi connectivity index (χ0v) is 21.0. The number of benzene rings is 1. The van der Waals surface area contributed by atoms with Gasteiger partial charge < -0.3 is 30.9 Å². The van der Waals surface area contributed by atoms with Crippen LogP contribution in [0.1, 0.15) is 65.3 Å². The average Bonchev–Trinajstić information content (AvgIpc) is 2.78. The summed E-state index contributed by atoms with van der Waals surface area (Å²) in [5, 5.41) is 22.7. The number of carboxylic acids is 1. The Bertz CT molecular complexity index is 965. The van der Waals surface area contributed by atoms with E-state index in [0.29, 0.717) is 18.0 Å². The van der Waals surface area contributed by atoms with Gasteiger partial charge in [-0.2, -0.15) is 4.98 Å². The fourth-order valence-corrected chi connectivity index (χ4v) is 4.05. The van der Waals surface area contributed by atoms with E-state index in [1.807, 2.05) is 21.0 Å². The molecule has 1 atom stereocenters. The van der Waals surface area contributed by atoms with Crippen molar-refractivity contribution < 1.29 is 19.7 Å². The summed E-state index contributed by atoms with van der Waals surface area (Å²) in [7, 11) is 5.63. The number of aryl methyl sites for hydroxylation is 2. The SMILES string of the molecule is CCCC(CO)Nc1nc(N)nc(C)c1Cc1c(CCCCN(C)C)cc(C(=O)O)cc1OC. The van der Waals surface area contributed by atoms with Crippen LogP contribution < -0.4 is 15.8 Å². The van der Waals surface area contributed by atoms with Crippen LogP contribution in [0.15, 0.2) is 12.1 Å². The van der Waals surface area contributed by atoms with E-state index in [9.17, 15) is 15.0 Å². The molecule has 0 spiro atoms. The molecule has 0 saturated carbocycles. The standard InChI is InChI=1S/C25H39N5O4/c1-6-9-19(15-31)28-23-20(16(2)27-25(26)29-23)14-21-17(10-7-8-11-30(3)4)12-18(24(32)33)13-22(21)34-5/h12-13,19,31H,6-11,14-15H2,1-5H3,(H,32,33)(H3,26,27,28,29). The Labute approximate surface area is 202 Å². The molecule has 5 N–H and O–H groups in total. The van der Waals surface area contributed by atoms with Gasteiger partial charge in [0.05, 0.1) is 25.3 Å². The Morgan fingerprint density at radius 1 is 1.24 bits per heavy atom. The van der Waals surface area contributed by atoms with Crippen LogP contribution in [-0.4, -0.2) is 71.4 Å². The van der Waals surface area contributed by atoms with Crippen molar-refractivity contribution in [1.82, 2.24) is 14.9 Å². The van der Waals surface area contributed by atoms with Crippen LogP contribution in [0.5, 0.6) is 5.75 Å². The van der Waals surface area contributed by atoms with Gasteiger partial charge in [0, 0.05) is 23.2 Å². The van der Waals surface area contributed by atoms with Crippen LogP contribution in [0.3, 0.4) is 0 Å². The molecule has 9 heteroatoms. The smallest absolute Gasteiger partial charge is 0.335 e. The first-order valence-corrected chi connectivity index (χ1v) is 11.8. The second-order valence-electron chi connectivity index (χ2n) is 8.87. The largest absolute Gasteiger partial charge is 0.496 e. The van der Waals surface area contributed by atoms with E-state index >= 15 is 0 Å². The predicted octanol–water partition coefficient (Wildman–Crippen LogP) is 3.12. The molecule has 0 fully saturated rings. The molecule has 188 valence electrons. The summed E-state index contributed by atoms with van der Waals surface area (Å²) < 4.78 is 5.64. The van der Waals surface area contributed by atoms with Crippen LogP contribution in [-0.2, 0) is 12.8 Å². The Kier molecular flexibility index (Phi) is 10.5. The molecule has 2 rings (SSSR count). The number of nitrogen functional groups attached to an aromatic ring is 1. The third kappa shape index (κ3) is 7.56. The molecule has 1 unspecified atom stereocenters. The number of aromatic nitrogens is 2. The molecule has 0 aliphatic carbocycles. The highest BCUT2D eigenvalue weighted by Crippen LogP contribution is 2.32. The number of hydrogen-bond donors (Lipinski definition) is 4. The van der Waals surface area contributed by atoms with Crippen molar-refractivity contribution in [3.63, 3.8) is 0 Å². The van der Waals surface area contributed by atoms with Gasteiger partial charge in [-0.25, -0.2) is 9.78 Å². The number of aromatic carboxylic acids is 1. The van der Waals surface area contributed by atoms with Gasteiger partial charge in [0.2, 0.25) is 5.95 Å². The maximum Gasteiger partial charge on any atom is 0.335 e. The molecule has 0 saturated heterocycles. The second kappa shape index (κ2) is 13.1. The van der Waals surface area contributed by atoms with Gasteiger partial charge in [-0.05, 0) is 70.9 Å². The highest BCUT2D eigenvalue weighted by molar-refractivity contribution is 5.88. The van der Waals surface area contributed by atoms with Crippen molar-refractivity contribution in [3.05, 3.63) is 40.1 Å². The van der Waals surface area contributed by atoms with E-state index in [1.165, 1.54) is 0 Å². The second-order valence-corrected chi connectivity index (χ2v) is 8.87. The van der Waals surface area contributed by atoms with Gasteiger partial charge in [0.1, 0.15) is 11.6 Å². The van der Waals surface area contributed by atoms with Crippen LogP contribution >= 0.6 is 0 Å². The summed E-state index contributed by atoms with van der Waals surface area (Å²) in [5.41, 5.74) is 9.56. The minimum Gasteiger partial charge on any atom is -0.496 e. The summed E-state index contributed by atoms with van der Waals surface area (Å²) in [4.78, 5) is 22.7. The number of aliphatic hydroxyl groups is 1. The lowest BCUT2D eigenvalue weighted by atomic mass is 9.92. The number of aliphatic hydroxyl groups excluding tert-OH is 1. The van der Waals surface area contributed by atoms with E-state index < -0.39 is 5.97 Å². The molecule has 1 aromatic heterocycles. The topological polar surface area (TPSA) is 134 Å². The maximum absolute atomic E-state index is 11.7. The Balaban J connectivity index is 2.50. The third-order valence-electron chi connectivity index (χ3n) is 5.85. The van der Waals surface area contributed by atoms with Crippen molar-refractivity contribution in [3.8, 4) is 5.75 Å². The lowest BCUT2D eigenvalue weighted by molar-refractivity contribution is 0.0696. The summed E-state index contributed by atoms with van der Waals surface area (Å²) >= 11 is 0. The molecule has 0 aliphatic heterocycles. The number of unbranched alkanes of at least 4 members (excludes halogenated alkanes) is 1. The van der Waals surface area contributed by atoms with Crippen LogP contribution in [0, 0.1) is 6.92 Å². The number of methoxy groups -OCH3 is 1. The molecular formula is C25H39N5O4. The Morgan fingerprint density at radius 2 is 1.97 bits per heavy atom. The minimum absolute atomic E-state index is 0.0238. The molecule has 1 aromatic carbocycles. The monoisotopic (exact) mass is 473 g/mol. The number of hydrogen-bond acceptors (Lipinski definition) is 8. The Hall–Kier alpha value is -2.91. The average molecular weight is 474 g/mol. The first-order valence-electron chi connectivity index (χ1n) is 11.8. The predicted molar refractivity (Wildman–Crippen MR) is 135 cm³/mol. The van der Waals surface area contributed by atoms with E-state index in [1.54, 1.807) is 19.2 Å². The molecule has 2 aromatic rings. The zero-order valence-electron chi connectivity index (χ0n) is 21.0. The highest BCUT2D eigenvalue weighted by atomic mass is 16.5. The van der Waals surface area contributed by atoms with E-state index in [2.05, 4.69) is 27.1 Å². The van der Waals surface area contributed by atoms with Gasteiger partial charge in [-0.1, -0.05) is 13.3 Å². The first-order chi connectivity index (χ1) is 16.2. The Morgan fingerprint density at radius 3 is 2.56 bits per heavy atom. The minimum atomic E-state index is -0.987. The van der Waals surface area contributed by atoms with Gasteiger partial charge in [0.15, 0.2) is 0 Å². The van der Waals surface area contributed by atoms with Gasteiger partial charge in [-0.15, -0.1) is 0 Å². The summed E-state index contributed by atoms with van der Waals surface area (Å²) in [6, 6.07) is 3.15. The van der Waals surface area contributed by atoms with Crippen LogP contribution in [0.4, 0.5) is 11.8 Å². The molecule has 0 radical (unpaired) electrons. The molecule has 1 heterocycles. The lowest BCUT2D eigenvalue weighted by Gasteiger charge is -2.22. The lowest BCUT2D eigenvalue weighted by Crippen LogP contribution is -2.25. The molecule has 0 amide bonds. The molecule has 0 aliphatic rings. The normalized spacial score (nSPS) is 12.1. The van der Waals surface area contributed by atoms with Crippen molar-refractivity contribution in [2.75, 3.05) is 45.4 Å². The van der Waals surface area contributed by atoms with E-state index in [4.69, 9.17) is 10.5 Å². The van der Waals surface area contributed by atoms with Gasteiger partial charge in [-0.3, -0.25) is 0 Å². The molecule has 34 heavy (non-hydrogen) atoms. The van der Waals surface area contributed by atoms with Crippen LogP contribution in [0.25, 0.3) is 0 Å². The molecule has 0 bridgehead atoms. The fraction of sp³-hybridized carbons (Fsp3) is 0.560. The third-order valence-corrected chi connectivity index (χ3v) is 5.85. The maximum atomic E-state index is 11.7.